The first-order valence-electron chi connectivity index (χ1n) is 11.5. The highest BCUT2D eigenvalue weighted by Crippen LogP contribution is 2.40. The van der Waals surface area contributed by atoms with E-state index in [0.717, 1.165) is 19.6 Å². The number of morpholine rings is 1. The van der Waals surface area contributed by atoms with Crippen LogP contribution in [-0.4, -0.2) is 84.2 Å². The summed E-state index contributed by atoms with van der Waals surface area (Å²) < 4.78 is 16.6. The number of hydrogen-bond acceptors (Lipinski definition) is 8. The van der Waals surface area contributed by atoms with E-state index in [-0.39, 0.29) is 11.3 Å². The molecule has 1 aromatic heterocycles. The molecule has 4 heterocycles. The minimum absolute atomic E-state index is 0.0340. The van der Waals surface area contributed by atoms with Crippen molar-refractivity contribution in [3.63, 3.8) is 0 Å². The Labute approximate surface area is 197 Å². The van der Waals surface area contributed by atoms with E-state index < -0.39 is 17.7 Å². The van der Waals surface area contributed by atoms with Gasteiger partial charge in [0.1, 0.15) is 25.0 Å². The lowest BCUT2D eigenvalue weighted by atomic mass is 9.98. The molecule has 0 radical (unpaired) electrons. The molecule has 178 valence electrons. The molecule has 1 amide bonds. The van der Waals surface area contributed by atoms with Crippen LogP contribution in [0.15, 0.2) is 48.2 Å². The first-order chi connectivity index (χ1) is 16.6. The molecule has 0 bridgehead atoms. The van der Waals surface area contributed by atoms with E-state index in [0.29, 0.717) is 62.1 Å². The van der Waals surface area contributed by atoms with Crippen LogP contribution in [0, 0.1) is 0 Å². The highest BCUT2D eigenvalue weighted by molar-refractivity contribution is 6.46. The van der Waals surface area contributed by atoms with E-state index in [1.165, 1.54) is 4.90 Å². The minimum atomic E-state index is -0.765. The number of hydrogen-bond donors (Lipinski definition) is 1. The van der Waals surface area contributed by atoms with E-state index in [2.05, 4.69) is 9.88 Å². The molecule has 9 heteroatoms. The summed E-state index contributed by atoms with van der Waals surface area (Å²) in [5.41, 5.74) is 0.954. The number of benzene rings is 1. The van der Waals surface area contributed by atoms with Gasteiger partial charge >= 0.3 is 0 Å². The lowest BCUT2D eigenvalue weighted by molar-refractivity contribution is -0.140. The van der Waals surface area contributed by atoms with Crippen LogP contribution in [-0.2, 0) is 14.3 Å². The van der Waals surface area contributed by atoms with E-state index >= 15 is 0 Å². The highest BCUT2D eigenvalue weighted by atomic mass is 16.6. The fourth-order valence-corrected chi connectivity index (χ4v) is 4.59. The van der Waals surface area contributed by atoms with Crippen LogP contribution >= 0.6 is 0 Å². The van der Waals surface area contributed by atoms with E-state index in [9.17, 15) is 14.7 Å². The largest absolute Gasteiger partial charge is 0.507 e. The molecule has 3 aliphatic heterocycles. The Morgan fingerprint density at radius 3 is 2.56 bits per heavy atom. The zero-order chi connectivity index (χ0) is 23.5. The van der Waals surface area contributed by atoms with Crippen molar-refractivity contribution in [2.75, 3.05) is 52.6 Å². The van der Waals surface area contributed by atoms with Gasteiger partial charge in [-0.25, -0.2) is 0 Å². The van der Waals surface area contributed by atoms with Gasteiger partial charge < -0.3 is 24.2 Å². The monoisotopic (exact) mass is 465 g/mol. The summed E-state index contributed by atoms with van der Waals surface area (Å²) in [4.78, 5) is 34.4. The molecule has 9 nitrogen and oxygen atoms in total. The summed E-state index contributed by atoms with van der Waals surface area (Å²) in [7, 11) is 0. The summed E-state index contributed by atoms with van der Waals surface area (Å²) >= 11 is 0. The molecule has 2 saturated heterocycles. The van der Waals surface area contributed by atoms with Gasteiger partial charge in [0.15, 0.2) is 11.5 Å². The standard InChI is InChI=1S/C25H27N3O6/c29-23(17-5-6-19-20(16-17)34-15-14-33-19)21-22(18-4-1-2-7-26-18)28(25(31)24(21)30)9-3-8-27-10-12-32-13-11-27/h1-2,4-7,16,22,29H,3,8-15H2. The van der Waals surface area contributed by atoms with Crippen molar-refractivity contribution in [1.29, 1.82) is 0 Å². The molecule has 2 fully saturated rings. The smallest absolute Gasteiger partial charge is 0.295 e. The summed E-state index contributed by atoms with van der Waals surface area (Å²) in [5, 5.41) is 11.2. The van der Waals surface area contributed by atoms with Gasteiger partial charge in [-0.05, 0) is 36.8 Å². The number of pyridine rings is 1. The molecule has 1 unspecified atom stereocenters. The Bertz CT molecular complexity index is 1100. The van der Waals surface area contributed by atoms with Crippen LogP contribution in [0.25, 0.3) is 5.76 Å². The first-order valence-corrected chi connectivity index (χ1v) is 11.5. The topological polar surface area (TPSA) is 101 Å². The van der Waals surface area contributed by atoms with Gasteiger partial charge in [-0.1, -0.05) is 6.07 Å². The first kappa shape index (κ1) is 22.4. The zero-order valence-corrected chi connectivity index (χ0v) is 18.8. The summed E-state index contributed by atoms with van der Waals surface area (Å²) in [6.45, 7) is 5.14. The summed E-state index contributed by atoms with van der Waals surface area (Å²) in [6, 6.07) is 9.56. The number of ether oxygens (including phenoxy) is 3. The number of nitrogens with zero attached hydrogens (tertiary/aromatic N) is 3. The fraction of sp³-hybridized carbons (Fsp3) is 0.400. The number of Topliss-reactive ketones (excluding diaryl/α,β-unsaturated/α-hetero) is 1. The second kappa shape index (κ2) is 9.82. The van der Waals surface area contributed by atoms with Gasteiger partial charge in [-0.15, -0.1) is 0 Å². The average molecular weight is 466 g/mol. The number of carbonyl (C=O) groups is 2. The number of aliphatic hydroxyl groups excluding tert-OH is 1. The van der Waals surface area contributed by atoms with Gasteiger partial charge in [0.25, 0.3) is 11.7 Å². The molecule has 0 spiro atoms. The number of amides is 1. The number of aliphatic hydroxyl groups is 1. The number of carbonyl (C=O) groups excluding carboxylic acids is 2. The number of aromatic nitrogens is 1. The molecule has 1 atom stereocenters. The van der Waals surface area contributed by atoms with Gasteiger partial charge in [0, 0.05) is 37.9 Å². The summed E-state index contributed by atoms with van der Waals surface area (Å²) in [5.74, 6) is -0.523. The normalized spacial score (nSPS) is 22.2. The molecule has 3 aliphatic rings. The maximum Gasteiger partial charge on any atom is 0.295 e. The average Bonchev–Trinajstić information content (AvgIpc) is 3.14. The third kappa shape index (κ3) is 4.36. The third-order valence-corrected chi connectivity index (χ3v) is 6.30. The molecule has 2 aromatic rings. The van der Waals surface area contributed by atoms with Crippen LogP contribution in [0.3, 0.4) is 0 Å². The zero-order valence-electron chi connectivity index (χ0n) is 18.8. The van der Waals surface area contributed by atoms with Crippen molar-refractivity contribution in [2.24, 2.45) is 0 Å². The molecule has 0 aliphatic carbocycles. The molecular formula is C25H27N3O6. The quantitative estimate of drug-likeness (QED) is 0.393. The van der Waals surface area contributed by atoms with Crippen LogP contribution in [0.1, 0.15) is 23.7 Å². The van der Waals surface area contributed by atoms with Crippen LogP contribution < -0.4 is 9.47 Å². The Hall–Kier alpha value is -3.43. The van der Waals surface area contributed by atoms with Crippen LogP contribution in [0.5, 0.6) is 11.5 Å². The van der Waals surface area contributed by atoms with Crippen molar-refractivity contribution >= 4 is 17.4 Å². The van der Waals surface area contributed by atoms with E-state index in [1.54, 1.807) is 42.6 Å². The maximum atomic E-state index is 13.1. The minimum Gasteiger partial charge on any atom is -0.507 e. The number of fused-ring (bicyclic) bond motifs is 1. The molecular weight excluding hydrogens is 438 g/mol. The van der Waals surface area contributed by atoms with Gasteiger partial charge in [-0.2, -0.15) is 0 Å². The lowest BCUT2D eigenvalue weighted by Crippen LogP contribution is -2.39. The van der Waals surface area contributed by atoms with Crippen molar-refractivity contribution in [3.8, 4) is 11.5 Å². The molecule has 5 rings (SSSR count). The second-order valence-corrected chi connectivity index (χ2v) is 8.41. The molecule has 0 saturated carbocycles. The maximum absolute atomic E-state index is 13.1. The fourth-order valence-electron chi connectivity index (χ4n) is 4.59. The van der Waals surface area contributed by atoms with E-state index in [4.69, 9.17) is 14.2 Å². The predicted octanol–water partition coefficient (Wildman–Crippen LogP) is 2.00. The number of ketones is 1. The Kier molecular flexibility index (Phi) is 6.46. The van der Waals surface area contributed by atoms with Gasteiger partial charge in [-0.3, -0.25) is 19.5 Å². The highest BCUT2D eigenvalue weighted by Gasteiger charge is 2.46. The number of likely N-dealkylation sites (tertiary alicyclic amines) is 1. The Morgan fingerprint density at radius 1 is 1.00 bits per heavy atom. The Morgan fingerprint density at radius 2 is 1.79 bits per heavy atom. The van der Waals surface area contributed by atoms with Crippen molar-refractivity contribution in [3.05, 3.63) is 59.4 Å². The van der Waals surface area contributed by atoms with Crippen LogP contribution in [0.2, 0.25) is 0 Å². The molecule has 1 N–H and O–H groups in total. The third-order valence-electron chi connectivity index (χ3n) is 6.30. The lowest BCUT2D eigenvalue weighted by Gasteiger charge is -2.29. The van der Waals surface area contributed by atoms with Crippen molar-refractivity contribution in [1.82, 2.24) is 14.8 Å². The number of rotatable bonds is 6. The van der Waals surface area contributed by atoms with Crippen molar-refractivity contribution in [2.45, 2.75) is 12.5 Å². The summed E-state index contributed by atoms with van der Waals surface area (Å²) in [6.07, 6.45) is 2.31. The molecule has 1 aromatic carbocycles. The van der Waals surface area contributed by atoms with E-state index in [1.807, 2.05) is 0 Å². The van der Waals surface area contributed by atoms with Crippen molar-refractivity contribution < 1.29 is 28.9 Å². The predicted molar refractivity (Wildman–Crippen MR) is 123 cm³/mol. The Balaban J connectivity index is 1.46. The van der Waals surface area contributed by atoms with Gasteiger partial charge in [0.2, 0.25) is 0 Å². The van der Waals surface area contributed by atoms with Crippen LogP contribution in [0.4, 0.5) is 0 Å². The van der Waals surface area contributed by atoms with Gasteiger partial charge in [0.05, 0.1) is 24.5 Å². The second-order valence-electron chi connectivity index (χ2n) is 8.41. The SMILES string of the molecule is O=C1C(=O)N(CCCN2CCOCC2)C(c2ccccn2)C1=C(O)c1ccc2c(c1)OCCO2. The molecule has 34 heavy (non-hydrogen) atoms.